The van der Waals surface area contributed by atoms with Crippen LogP contribution in [0.2, 0.25) is 5.15 Å². The number of nitrogens with zero attached hydrogens (tertiary/aromatic N) is 2. The highest BCUT2D eigenvalue weighted by atomic mass is 35.5. The van der Waals surface area contributed by atoms with Crippen LogP contribution >= 0.6 is 11.6 Å². The molecule has 2 rings (SSSR count). The quantitative estimate of drug-likeness (QED) is 0.853. The normalized spacial score (nSPS) is 10.2. The zero-order valence-corrected chi connectivity index (χ0v) is 12.0. The number of pyridine rings is 1. The van der Waals surface area contributed by atoms with Crippen LogP contribution in [0, 0.1) is 0 Å². The molecule has 1 heterocycles. The van der Waals surface area contributed by atoms with E-state index < -0.39 is 0 Å². The zero-order chi connectivity index (χ0) is 14.7. The largest absolute Gasteiger partial charge is 0.397 e. The van der Waals surface area contributed by atoms with Gasteiger partial charge in [-0.15, -0.1) is 0 Å². The summed E-state index contributed by atoms with van der Waals surface area (Å²) in [5.74, 6) is -0.315. The molecule has 2 aromatic rings. The van der Waals surface area contributed by atoms with Crippen molar-refractivity contribution in [3.63, 3.8) is 0 Å². The number of hydrogen-bond donors (Lipinski definition) is 2. The first-order valence-electron chi connectivity index (χ1n) is 5.97. The third-order valence-corrected chi connectivity index (χ3v) is 2.99. The van der Waals surface area contributed by atoms with Crippen LogP contribution in [0.5, 0.6) is 0 Å². The molecule has 0 bridgehead atoms. The van der Waals surface area contributed by atoms with Crippen molar-refractivity contribution in [1.29, 1.82) is 0 Å². The number of benzene rings is 1. The Kier molecular flexibility index (Phi) is 4.10. The van der Waals surface area contributed by atoms with Crippen molar-refractivity contribution in [2.75, 3.05) is 30.0 Å². The van der Waals surface area contributed by atoms with E-state index in [9.17, 15) is 4.79 Å². The molecule has 0 fully saturated rings. The minimum absolute atomic E-state index is 0.229. The van der Waals surface area contributed by atoms with Crippen LogP contribution in [0.25, 0.3) is 0 Å². The van der Waals surface area contributed by atoms with Gasteiger partial charge in [0.25, 0.3) is 5.91 Å². The van der Waals surface area contributed by atoms with Gasteiger partial charge in [-0.2, -0.15) is 0 Å². The molecule has 0 unspecified atom stereocenters. The van der Waals surface area contributed by atoms with Gasteiger partial charge in [0.15, 0.2) is 0 Å². The number of nitrogens with one attached hydrogen (secondary N) is 1. The number of rotatable bonds is 3. The first-order valence-corrected chi connectivity index (χ1v) is 6.35. The molecule has 0 saturated heterocycles. The molecule has 1 aromatic heterocycles. The Morgan fingerprint density at radius 1 is 1.30 bits per heavy atom. The van der Waals surface area contributed by atoms with E-state index in [1.807, 2.05) is 43.3 Å². The maximum atomic E-state index is 12.1. The summed E-state index contributed by atoms with van der Waals surface area (Å²) < 4.78 is 0. The number of hydrogen-bond acceptors (Lipinski definition) is 4. The highest BCUT2D eigenvalue weighted by Crippen LogP contribution is 2.19. The predicted molar refractivity (Wildman–Crippen MR) is 82.4 cm³/mol. The van der Waals surface area contributed by atoms with Crippen molar-refractivity contribution < 1.29 is 4.79 Å². The number of anilines is 3. The molecule has 0 saturated carbocycles. The molecule has 3 N–H and O–H groups in total. The Morgan fingerprint density at radius 2 is 1.95 bits per heavy atom. The van der Waals surface area contributed by atoms with Crippen LogP contribution in [0.1, 0.15) is 10.4 Å². The van der Waals surface area contributed by atoms with Gasteiger partial charge in [-0.05, 0) is 30.3 Å². The predicted octanol–water partition coefficient (Wildman–Crippen LogP) is 2.64. The molecule has 0 aliphatic carbocycles. The van der Waals surface area contributed by atoms with Gasteiger partial charge in [0.2, 0.25) is 0 Å². The number of amides is 1. The second-order valence-corrected chi connectivity index (χ2v) is 4.88. The molecule has 1 amide bonds. The van der Waals surface area contributed by atoms with E-state index in [0.29, 0.717) is 11.3 Å². The van der Waals surface area contributed by atoms with Crippen LogP contribution in [0.4, 0.5) is 17.1 Å². The Morgan fingerprint density at radius 3 is 2.55 bits per heavy atom. The van der Waals surface area contributed by atoms with Crippen molar-refractivity contribution in [2.24, 2.45) is 0 Å². The van der Waals surface area contributed by atoms with Gasteiger partial charge in [-0.1, -0.05) is 11.6 Å². The van der Waals surface area contributed by atoms with Crippen molar-refractivity contribution >= 4 is 34.6 Å². The van der Waals surface area contributed by atoms with Crippen LogP contribution in [0.15, 0.2) is 36.5 Å². The number of carbonyl (C=O) groups is 1. The lowest BCUT2D eigenvalue weighted by Gasteiger charge is -2.13. The average Bonchev–Trinajstić information content (AvgIpc) is 2.42. The van der Waals surface area contributed by atoms with E-state index >= 15 is 0 Å². The molecule has 1 aromatic carbocycles. The number of carbonyl (C=O) groups excluding carboxylic acids is 1. The van der Waals surface area contributed by atoms with Crippen LogP contribution in [0.3, 0.4) is 0 Å². The monoisotopic (exact) mass is 290 g/mol. The molecule has 0 radical (unpaired) electrons. The summed E-state index contributed by atoms with van der Waals surface area (Å²) in [6, 6.07) is 8.93. The van der Waals surface area contributed by atoms with Crippen molar-refractivity contribution in [1.82, 2.24) is 4.98 Å². The lowest BCUT2D eigenvalue weighted by molar-refractivity contribution is 0.102. The summed E-state index contributed by atoms with van der Waals surface area (Å²) in [4.78, 5) is 17.9. The van der Waals surface area contributed by atoms with Gasteiger partial charge in [-0.25, -0.2) is 4.98 Å². The van der Waals surface area contributed by atoms with Crippen molar-refractivity contribution in [3.8, 4) is 0 Å². The number of nitrogens with two attached hydrogens (primary N) is 1. The average molecular weight is 291 g/mol. The first-order chi connectivity index (χ1) is 9.47. The van der Waals surface area contributed by atoms with Crippen LogP contribution in [-0.2, 0) is 0 Å². The van der Waals surface area contributed by atoms with Crippen molar-refractivity contribution in [2.45, 2.75) is 0 Å². The highest BCUT2D eigenvalue weighted by Gasteiger charge is 2.11. The molecule has 0 atom stereocenters. The van der Waals surface area contributed by atoms with E-state index in [1.54, 1.807) is 0 Å². The fraction of sp³-hybridized carbons (Fsp3) is 0.143. The van der Waals surface area contributed by atoms with Gasteiger partial charge in [0.05, 0.1) is 17.4 Å². The Bertz CT molecular complexity index is 626. The summed E-state index contributed by atoms with van der Waals surface area (Å²) >= 11 is 5.77. The lowest BCUT2D eigenvalue weighted by atomic mass is 10.2. The number of aromatic nitrogens is 1. The van der Waals surface area contributed by atoms with E-state index in [1.165, 1.54) is 12.3 Å². The lowest BCUT2D eigenvalue weighted by Crippen LogP contribution is -2.14. The maximum absolute atomic E-state index is 12.1. The van der Waals surface area contributed by atoms with E-state index in [0.717, 1.165) is 5.69 Å². The number of nitrogen functional groups attached to an aromatic ring is 1. The fourth-order valence-electron chi connectivity index (χ4n) is 1.68. The second-order valence-electron chi connectivity index (χ2n) is 4.49. The molecule has 20 heavy (non-hydrogen) atoms. The maximum Gasteiger partial charge on any atom is 0.257 e. The van der Waals surface area contributed by atoms with Crippen LogP contribution in [-0.4, -0.2) is 25.0 Å². The highest BCUT2D eigenvalue weighted by molar-refractivity contribution is 6.30. The Balaban J connectivity index is 2.17. The van der Waals surface area contributed by atoms with Crippen LogP contribution < -0.4 is 16.0 Å². The molecular formula is C14H15ClN4O. The third-order valence-electron chi connectivity index (χ3n) is 2.79. The minimum atomic E-state index is -0.315. The van der Waals surface area contributed by atoms with Gasteiger partial charge < -0.3 is 16.0 Å². The van der Waals surface area contributed by atoms with Gasteiger partial charge in [-0.3, -0.25) is 4.79 Å². The summed E-state index contributed by atoms with van der Waals surface area (Å²) in [5, 5.41) is 3.00. The van der Waals surface area contributed by atoms with Gasteiger partial charge in [0, 0.05) is 25.5 Å². The Hall–Kier alpha value is -2.27. The SMILES string of the molecule is CN(C)c1ccc(NC(=O)c2cc(Cl)ncc2N)cc1. The summed E-state index contributed by atoms with van der Waals surface area (Å²) in [5.41, 5.74) is 8.05. The molecule has 0 aliphatic heterocycles. The topological polar surface area (TPSA) is 71.2 Å². The van der Waals surface area contributed by atoms with E-state index in [2.05, 4.69) is 10.3 Å². The minimum Gasteiger partial charge on any atom is -0.397 e. The smallest absolute Gasteiger partial charge is 0.257 e. The Labute approximate surface area is 122 Å². The number of halogens is 1. The first kappa shape index (κ1) is 14.1. The third kappa shape index (κ3) is 3.19. The summed E-state index contributed by atoms with van der Waals surface area (Å²) in [6.07, 6.45) is 1.37. The molecule has 0 spiro atoms. The summed E-state index contributed by atoms with van der Waals surface area (Å²) in [7, 11) is 3.90. The molecule has 5 nitrogen and oxygen atoms in total. The molecule has 104 valence electrons. The van der Waals surface area contributed by atoms with Gasteiger partial charge >= 0.3 is 0 Å². The van der Waals surface area contributed by atoms with E-state index in [-0.39, 0.29) is 16.7 Å². The van der Waals surface area contributed by atoms with Gasteiger partial charge in [0.1, 0.15) is 5.15 Å². The molecular weight excluding hydrogens is 276 g/mol. The second kappa shape index (κ2) is 5.79. The van der Waals surface area contributed by atoms with E-state index in [4.69, 9.17) is 17.3 Å². The standard InChI is InChI=1S/C14H15ClN4O/c1-19(2)10-5-3-9(4-6-10)18-14(20)11-7-13(15)17-8-12(11)16/h3-8H,16H2,1-2H3,(H,18,20). The fourth-order valence-corrected chi connectivity index (χ4v) is 1.84. The van der Waals surface area contributed by atoms with Crippen molar-refractivity contribution in [3.05, 3.63) is 47.2 Å². The molecule has 0 aliphatic rings. The molecule has 6 heteroatoms. The zero-order valence-electron chi connectivity index (χ0n) is 11.2. The summed E-state index contributed by atoms with van der Waals surface area (Å²) in [6.45, 7) is 0.